The number of hydrogen-bond donors (Lipinski definition) is 1. The van der Waals surface area contributed by atoms with Gasteiger partial charge in [0.2, 0.25) is 0 Å². The Balaban J connectivity index is 0.000000172. The van der Waals surface area contributed by atoms with Gasteiger partial charge in [-0.2, -0.15) is 0 Å². The van der Waals surface area contributed by atoms with Gasteiger partial charge >= 0.3 is 0 Å². The van der Waals surface area contributed by atoms with Crippen LogP contribution in [0.1, 0.15) is 6.92 Å². The Morgan fingerprint density at radius 2 is 1.30 bits per heavy atom. The second-order valence-corrected chi connectivity index (χ2v) is 6.54. The Hall–Kier alpha value is -3.10. The normalized spacial score (nSPS) is 10.4. The summed E-state index contributed by atoms with van der Waals surface area (Å²) in [6.07, 6.45) is 2.77. The van der Waals surface area contributed by atoms with Crippen molar-refractivity contribution in [3.8, 4) is 23.0 Å². The van der Waals surface area contributed by atoms with E-state index in [4.69, 9.17) is 37.4 Å². The van der Waals surface area contributed by atoms with Gasteiger partial charge in [0.05, 0.1) is 31.9 Å². The Morgan fingerprint density at radius 3 is 1.83 bits per heavy atom. The number of benzene rings is 2. The highest BCUT2D eigenvalue weighted by Gasteiger charge is 2.10. The highest BCUT2D eigenvalue weighted by Crippen LogP contribution is 2.34. The fourth-order valence-corrected chi connectivity index (χ4v) is 3.05. The molecular formula is C20H18Cl2N4O4. The summed E-state index contributed by atoms with van der Waals surface area (Å²) in [5.74, 6) is 1.68. The van der Waals surface area contributed by atoms with Gasteiger partial charge in [-0.15, -0.1) is 0 Å². The van der Waals surface area contributed by atoms with E-state index < -0.39 is 0 Å². The molecule has 2 aromatic heterocycles. The van der Waals surface area contributed by atoms with Gasteiger partial charge in [-0.05, 0) is 19.1 Å². The van der Waals surface area contributed by atoms with Gasteiger partial charge in [0.15, 0.2) is 23.0 Å². The van der Waals surface area contributed by atoms with E-state index >= 15 is 0 Å². The van der Waals surface area contributed by atoms with Gasteiger partial charge in [-0.3, -0.25) is 0 Å². The van der Waals surface area contributed by atoms with Crippen molar-refractivity contribution in [3.05, 3.63) is 47.2 Å². The fourth-order valence-electron chi connectivity index (χ4n) is 2.66. The predicted molar refractivity (Wildman–Crippen MR) is 115 cm³/mol. The molecule has 0 bridgehead atoms. The van der Waals surface area contributed by atoms with Gasteiger partial charge in [0, 0.05) is 22.9 Å². The van der Waals surface area contributed by atoms with E-state index in [0.717, 1.165) is 10.9 Å². The van der Waals surface area contributed by atoms with Gasteiger partial charge in [0.25, 0.3) is 0 Å². The van der Waals surface area contributed by atoms with Crippen molar-refractivity contribution in [2.45, 2.75) is 6.92 Å². The van der Waals surface area contributed by atoms with Crippen molar-refractivity contribution in [1.82, 2.24) is 19.9 Å². The number of phenols is 1. The third-order valence-corrected chi connectivity index (χ3v) is 4.66. The van der Waals surface area contributed by atoms with Crippen LogP contribution in [0.2, 0.25) is 10.3 Å². The molecule has 0 fully saturated rings. The van der Waals surface area contributed by atoms with E-state index in [1.807, 2.05) is 6.92 Å². The van der Waals surface area contributed by atoms with Gasteiger partial charge in [-0.25, -0.2) is 19.9 Å². The maximum Gasteiger partial charge on any atom is 0.163 e. The van der Waals surface area contributed by atoms with Crippen molar-refractivity contribution in [2.75, 3.05) is 20.8 Å². The lowest BCUT2D eigenvalue weighted by molar-refractivity contribution is 0.311. The number of halogens is 2. The van der Waals surface area contributed by atoms with Gasteiger partial charge in [-0.1, -0.05) is 23.2 Å². The standard InChI is InChI=1S/C11H11ClN2O2.C9H7ClN2O2/c1-3-16-10-5-8-7(4-9(10)15-2)11(12)14-6-13-8;1-14-8-2-5-6(3-7(8)13)11-4-12-9(5)10/h4-6H,3H2,1-2H3;2-4,13H,1H3. The predicted octanol–water partition coefficient (Wildman–Crippen LogP) is 4.69. The Kier molecular flexibility index (Phi) is 6.91. The number of ether oxygens (including phenoxy) is 3. The first-order valence-electron chi connectivity index (χ1n) is 8.76. The molecule has 0 radical (unpaired) electrons. The average Bonchev–Trinajstić information content (AvgIpc) is 2.74. The number of fused-ring (bicyclic) bond motifs is 2. The third kappa shape index (κ3) is 4.55. The molecule has 0 unspecified atom stereocenters. The Bertz CT molecular complexity index is 1190. The van der Waals surface area contributed by atoms with Crippen LogP contribution >= 0.6 is 23.2 Å². The first-order valence-corrected chi connectivity index (χ1v) is 9.52. The molecule has 0 amide bonds. The van der Waals surface area contributed by atoms with Crippen LogP contribution in [0.15, 0.2) is 36.9 Å². The van der Waals surface area contributed by atoms with E-state index in [1.165, 1.54) is 25.8 Å². The van der Waals surface area contributed by atoms with Crippen molar-refractivity contribution in [1.29, 1.82) is 0 Å². The maximum atomic E-state index is 9.47. The summed E-state index contributed by atoms with van der Waals surface area (Å²) in [5.41, 5.74) is 1.33. The van der Waals surface area contributed by atoms with Crippen LogP contribution in [-0.4, -0.2) is 45.9 Å². The summed E-state index contributed by atoms with van der Waals surface area (Å²) in [5, 5.41) is 11.6. The minimum absolute atomic E-state index is 0.0368. The SMILES string of the molecule is CCOc1cc2ncnc(Cl)c2cc1OC.COc1cc2c(Cl)ncnc2cc1O. The molecule has 8 nitrogen and oxygen atoms in total. The molecule has 30 heavy (non-hydrogen) atoms. The summed E-state index contributed by atoms with van der Waals surface area (Å²) in [4.78, 5) is 15.8. The molecule has 0 aliphatic carbocycles. The van der Waals surface area contributed by atoms with Crippen molar-refractivity contribution >= 4 is 45.0 Å². The number of aromatic hydroxyl groups is 1. The largest absolute Gasteiger partial charge is 0.504 e. The summed E-state index contributed by atoms with van der Waals surface area (Å²) in [7, 11) is 3.06. The van der Waals surface area contributed by atoms with Crippen LogP contribution in [0.5, 0.6) is 23.0 Å². The molecule has 4 aromatic rings. The number of hydrogen-bond acceptors (Lipinski definition) is 8. The molecule has 2 heterocycles. The molecule has 0 aliphatic rings. The number of nitrogens with zero attached hydrogens (tertiary/aromatic N) is 4. The summed E-state index contributed by atoms with van der Waals surface area (Å²) < 4.78 is 15.6. The molecule has 0 saturated carbocycles. The number of aromatic nitrogens is 4. The van der Waals surface area contributed by atoms with Crippen molar-refractivity contribution < 1.29 is 19.3 Å². The highest BCUT2D eigenvalue weighted by molar-refractivity contribution is 6.34. The van der Waals surface area contributed by atoms with Crippen molar-refractivity contribution in [3.63, 3.8) is 0 Å². The molecule has 0 atom stereocenters. The van der Waals surface area contributed by atoms with Crippen LogP contribution < -0.4 is 14.2 Å². The number of rotatable bonds is 4. The van der Waals surface area contributed by atoms with Crippen LogP contribution in [-0.2, 0) is 0 Å². The average molecular weight is 449 g/mol. The van der Waals surface area contributed by atoms with Crippen LogP contribution in [0.4, 0.5) is 0 Å². The maximum absolute atomic E-state index is 9.47. The van der Waals surface area contributed by atoms with E-state index in [2.05, 4.69) is 19.9 Å². The molecule has 1 N–H and O–H groups in total. The highest BCUT2D eigenvalue weighted by atomic mass is 35.5. The second-order valence-electron chi connectivity index (χ2n) is 5.82. The Morgan fingerprint density at radius 1 is 0.767 bits per heavy atom. The first-order chi connectivity index (χ1) is 14.5. The van der Waals surface area contributed by atoms with E-state index in [-0.39, 0.29) is 5.75 Å². The van der Waals surface area contributed by atoms with Crippen LogP contribution in [0, 0.1) is 0 Å². The zero-order valence-electron chi connectivity index (χ0n) is 16.4. The molecule has 0 saturated heterocycles. The zero-order chi connectivity index (χ0) is 21.7. The molecule has 156 valence electrons. The lowest BCUT2D eigenvalue weighted by Gasteiger charge is -2.10. The zero-order valence-corrected chi connectivity index (χ0v) is 17.9. The number of methoxy groups -OCH3 is 2. The molecule has 0 aliphatic heterocycles. The Labute approximate surface area is 182 Å². The monoisotopic (exact) mass is 448 g/mol. The smallest absolute Gasteiger partial charge is 0.163 e. The molecule has 10 heteroatoms. The second kappa shape index (κ2) is 9.60. The molecule has 4 rings (SSSR count). The lowest BCUT2D eigenvalue weighted by atomic mass is 10.2. The fraction of sp³-hybridized carbons (Fsp3) is 0.200. The topological polar surface area (TPSA) is 99.5 Å². The first kappa shape index (κ1) is 21.6. The minimum atomic E-state index is 0.0368. The third-order valence-electron chi connectivity index (χ3n) is 4.06. The molecular weight excluding hydrogens is 431 g/mol. The summed E-state index contributed by atoms with van der Waals surface area (Å²) in [6, 6.07) is 6.67. The van der Waals surface area contributed by atoms with Gasteiger partial charge in [0.1, 0.15) is 23.0 Å². The number of phenolic OH excluding ortho intramolecular Hbond substituents is 1. The van der Waals surface area contributed by atoms with E-state index in [0.29, 0.717) is 45.1 Å². The minimum Gasteiger partial charge on any atom is -0.504 e. The quantitative estimate of drug-likeness (QED) is 0.448. The summed E-state index contributed by atoms with van der Waals surface area (Å²) >= 11 is 11.8. The molecule has 2 aromatic carbocycles. The lowest BCUT2D eigenvalue weighted by Crippen LogP contribution is -1.96. The van der Waals surface area contributed by atoms with E-state index in [1.54, 1.807) is 25.3 Å². The van der Waals surface area contributed by atoms with Crippen molar-refractivity contribution in [2.24, 2.45) is 0 Å². The van der Waals surface area contributed by atoms with E-state index in [9.17, 15) is 5.11 Å². The van der Waals surface area contributed by atoms with Crippen LogP contribution in [0.25, 0.3) is 21.8 Å². The summed E-state index contributed by atoms with van der Waals surface area (Å²) in [6.45, 7) is 2.48. The van der Waals surface area contributed by atoms with Gasteiger partial charge < -0.3 is 19.3 Å². The molecule has 0 spiro atoms. The van der Waals surface area contributed by atoms with Crippen LogP contribution in [0.3, 0.4) is 0 Å².